The highest BCUT2D eigenvalue weighted by atomic mass is 16.5. The first-order valence-corrected chi connectivity index (χ1v) is 7.54. The maximum atomic E-state index is 12.5. The van der Waals surface area contributed by atoms with Crippen molar-refractivity contribution in [3.63, 3.8) is 0 Å². The molecule has 0 radical (unpaired) electrons. The van der Waals surface area contributed by atoms with Gasteiger partial charge in [0.1, 0.15) is 16.9 Å². The Balaban J connectivity index is 2.87. The Bertz CT molecular complexity index is 568. The number of ether oxygens (including phenoxy) is 2. The monoisotopic (exact) mass is 322 g/mol. The molecule has 0 aliphatic heterocycles. The Hall–Kier alpha value is -2.24. The van der Waals surface area contributed by atoms with Crippen LogP contribution in [0.15, 0.2) is 18.2 Å². The third-order valence-corrected chi connectivity index (χ3v) is 3.46. The zero-order chi connectivity index (χ0) is 17.6. The Morgan fingerprint density at radius 1 is 1.13 bits per heavy atom. The third-order valence-electron chi connectivity index (χ3n) is 3.46. The van der Waals surface area contributed by atoms with Gasteiger partial charge in [0.2, 0.25) is 11.8 Å². The maximum absolute atomic E-state index is 12.5. The summed E-state index contributed by atoms with van der Waals surface area (Å²) in [4.78, 5) is 24.7. The number of carbonyl (C=O) groups is 2. The molecule has 0 saturated heterocycles. The lowest BCUT2D eigenvalue weighted by atomic mass is 9.90. The highest BCUT2D eigenvalue weighted by Gasteiger charge is 2.36. The van der Waals surface area contributed by atoms with Crippen molar-refractivity contribution in [1.29, 1.82) is 0 Å². The molecule has 0 bridgehead atoms. The number of benzene rings is 1. The first kappa shape index (κ1) is 18.8. The summed E-state index contributed by atoms with van der Waals surface area (Å²) in [7, 11) is 3.06. The van der Waals surface area contributed by atoms with E-state index in [2.05, 4.69) is 10.6 Å². The van der Waals surface area contributed by atoms with E-state index in [0.29, 0.717) is 29.6 Å². The van der Waals surface area contributed by atoms with Crippen molar-refractivity contribution in [2.45, 2.75) is 27.7 Å². The standard InChI is InChI=1S/C17H26N2O4/c1-11(2)10-18-15(20)17(3,4)16(21)19-13-8-7-12(22-5)9-14(13)23-6/h7-9,11H,10H2,1-6H3,(H,18,20)(H,19,21). The zero-order valence-corrected chi connectivity index (χ0v) is 14.6. The van der Waals surface area contributed by atoms with Crippen molar-refractivity contribution in [3.8, 4) is 11.5 Å². The predicted octanol–water partition coefficient (Wildman–Crippen LogP) is 2.44. The van der Waals surface area contributed by atoms with Gasteiger partial charge in [0, 0.05) is 12.6 Å². The van der Waals surface area contributed by atoms with Gasteiger partial charge in [-0.2, -0.15) is 0 Å². The van der Waals surface area contributed by atoms with Gasteiger partial charge in [-0.05, 0) is 31.9 Å². The molecule has 0 unspecified atom stereocenters. The number of hydrogen-bond acceptors (Lipinski definition) is 4. The topological polar surface area (TPSA) is 76.7 Å². The number of hydrogen-bond donors (Lipinski definition) is 2. The fourth-order valence-electron chi connectivity index (χ4n) is 1.80. The summed E-state index contributed by atoms with van der Waals surface area (Å²) in [6, 6.07) is 5.06. The lowest BCUT2D eigenvalue weighted by Gasteiger charge is -2.24. The minimum Gasteiger partial charge on any atom is -0.497 e. The van der Waals surface area contributed by atoms with Crippen LogP contribution >= 0.6 is 0 Å². The minimum atomic E-state index is -1.19. The molecule has 0 fully saturated rings. The molecule has 0 aromatic heterocycles. The maximum Gasteiger partial charge on any atom is 0.239 e. The van der Waals surface area contributed by atoms with E-state index in [1.807, 2.05) is 13.8 Å². The van der Waals surface area contributed by atoms with Crippen molar-refractivity contribution in [2.75, 3.05) is 26.1 Å². The lowest BCUT2D eigenvalue weighted by molar-refractivity contribution is -0.138. The van der Waals surface area contributed by atoms with Crippen molar-refractivity contribution in [3.05, 3.63) is 18.2 Å². The van der Waals surface area contributed by atoms with E-state index in [0.717, 1.165) is 0 Å². The fourth-order valence-corrected chi connectivity index (χ4v) is 1.80. The van der Waals surface area contributed by atoms with Crippen molar-refractivity contribution in [1.82, 2.24) is 5.32 Å². The Labute approximate surface area is 137 Å². The van der Waals surface area contributed by atoms with Gasteiger partial charge in [-0.15, -0.1) is 0 Å². The molecule has 1 aromatic carbocycles. The third kappa shape index (κ3) is 4.87. The van der Waals surface area contributed by atoms with Crippen LogP contribution in [-0.2, 0) is 9.59 Å². The van der Waals surface area contributed by atoms with Gasteiger partial charge in [0.15, 0.2) is 0 Å². The molecule has 2 amide bonds. The largest absolute Gasteiger partial charge is 0.497 e. The predicted molar refractivity (Wildman–Crippen MR) is 89.8 cm³/mol. The second-order valence-electron chi connectivity index (χ2n) is 6.25. The van der Waals surface area contributed by atoms with Crippen LogP contribution in [0.5, 0.6) is 11.5 Å². The van der Waals surface area contributed by atoms with Crippen LogP contribution in [0.4, 0.5) is 5.69 Å². The summed E-state index contributed by atoms with van der Waals surface area (Å²) in [5.74, 6) is 0.697. The van der Waals surface area contributed by atoms with Crippen molar-refractivity contribution in [2.24, 2.45) is 11.3 Å². The molecular formula is C17H26N2O4. The Kier molecular flexibility index (Phi) is 6.42. The van der Waals surface area contributed by atoms with Crippen molar-refractivity contribution >= 4 is 17.5 Å². The molecule has 23 heavy (non-hydrogen) atoms. The van der Waals surface area contributed by atoms with Crippen LogP contribution in [0.1, 0.15) is 27.7 Å². The van der Waals surface area contributed by atoms with E-state index in [9.17, 15) is 9.59 Å². The van der Waals surface area contributed by atoms with Crippen LogP contribution in [-0.4, -0.2) is 32.6 Å². The van der Waals surface area contributed by atoms with Crippen LogP contribution < -0.4 is 20.1 Å². The number of amides is 2. The molecule has 0 saturated carbocycles. The highest BCUT2D eigenvalue weighted by molar-refractivity contribution is 6.10. The van der Waals surface area contributed by atoms with E-state index in [-0.39, 0.29) is 5.91 Å². The van der Waals surface area contributed by atoms with E-state index < -0.39 is 11.3 Å². The fraction of sp³-hybridized carbons (Fsp3) is 0.529. The molecule has 0 aliphatic carbocycles. The lowest BCUT2D eigenvalue weighted by Crippen LogP contribution is -2.46. The summed E-state index contributed by atoms with van der Waals surface area (Å²) < 4.78 is 10.4. The number of nitrogens with one attached hydrogen (secondary N) is 2. The Morgan fingerprint density at radius 3 is 2.30 bits per heavy atom. The summed E-state index contributed by atoms with van der Waals surface area (Å²) in [5, 5.41) is 5.53. The number of anilines is 1. The van der Waals surface area contributed by atoms with Gasteiger partial charge in [-0.3, -0.25) is 9.59 Å². The van der Waals surface area contributed by atoms with E-state index in [4.69, 9.17) is 9.47 Å². The van der Waals surface area contributed by atoms with Gasteiger partial charge in [0.05, 0.1) is 19.9 Å². The van der Waals surface area contributed by atoms with Gasteiger partial charge < -0.3 is 20.1 Å². The van der Waals surface area contributed by atoms with Crippen LogP contribution in [0.25, 0.3) is 0 Å². The first-order valence-electron chi connectivity index (χ1n) is 7.54. The number of rotatable bonds is 7. The van der Waals surface area contributed by atoms with Crippen LogP contribution in [0.2, 0.25) is 0 Å². The molecule has 1 aromatic rings. The molecule has 0 aliphatic rings. The second kappa shape index (κ2) is 7.85. The Morgan fingerprint density at radius 2 is 1.78 bits per heavy atom. The average molecular weight is 322 g/mol. The molecule has 6 nitrogen and oxygen atoms in total. The molecule has 0 heterocycles. The number of methoxy groups -OCH3 is 2. The average Bonchev–Trinajstić information content (AvgIpc) is 2.52. The van der Waals surface area contributed by atoms with E-state index in [1.165, 1.54) is 7.11 Å². The summed E-state index contributed by atoms with van der Waals surface area (Å²) in [5.41, 5.74) is -0.706. The van der Waals surface area contributed by atoms with Crippen molar-refractivity contribution < 1.29 is 19.1 Å². The first-order chi connectivity index (χ1) is 10.7. The molecule has 1 rings (SSSR count). The van der Waals surface area contributed by atoms with Crippen LogP contribution in [0, 0.1) is 11.3 Å². The summed E-state index contributed by atoms with van der Waals surface area (Å²) in [6.07, 6.45) is 0. The van der Waals surface area contributed by atoms with Crippen LogP contribution in [0.3, 0.4) is 0 Å². The van der Waals surface area contributed by atoms with Gasteiger partial charge in [-0.1, -0.05) is 13.8 Å². The number of carbonyl (C=O) groups excluding carboxylic acids is 2. The van der Waals surface area contributed by atoms with Gasteiger partial charge in [-0.25, -0.2) is 0 Å². The minimum absolute atomic E-state index is 0.309. The SMILES string of the molecule is COc1ccc(NC(=O)C(C)(C)C(=O)NCC(C)C)c(OC)c1. The molecule has 128 valence electrons. The molecular weight excluding hydrogens is 296 g/mol. The van der Waals surface area contributed by atoms with E-state index >= 15 is 0 Å². The summed E-state index contributed by atoms with van der Waals surface area (Å²) in [6.45, 7) is 7.70. The second-order valence-corrected chi connectivity index (χ2v) is 6.25. The molecule has 6 heteroatoms. The quantitative estimate of drug-likeness (QED) is 0.756. The van der Waals surface area contributed by atoms with Gasteiger partial charge in [0.25, 0.3) is 0 Å². The molecule has 0 spiro atoms. The summed E-state index contributed by atoms with van der Waals surface area (Å²) >= 11 is 0. The zero-order valence-electron chi connectivity index (χ0n) is 14.6. The molecule has 2 N–H and O–H groups in total. The van der Waals surface area contributed by atoms with Gasteiger partial charge >= 0.3 is 0 Å². The smallest absolute Gasteiger partial charge is 0.239 e. The normalized spacial score (nSPS) is 11.1. The molecule has 0 atom stereocenters. The van der Waals surface area contributed by atoms with E-state index in [1.54, 1.807) is 39.2 Å². The highest BCUT2D eigenvalue weighted by Crippen LogP contribution is 2.30.